The smallest absolute Gasteiger partial charge is 0.0953 e. The van der Waals surface area contributed by atoms with Crippen LogP contribution in [0.15, 0.2) is 30.3 Å². The first-order chi connectivity index (χ1) is 8.13. The van der Waals surface area contributed by atoms with E-state index in [-0.39, 0.29) is 11.6 Å². The van der Waals surface area contributed by atoms with Crippen molar-refractivity contribution in [3.05, 3.63) is 35.9 Å². The predicted octanol–water partition coefficient (Wildman–Crippen LogP) is 2.36. The summed E-state index contributed by atoms with van der Waals surface area (Å²) in [6.07, 6.45) is 0.0811. The number of nitrogens with zero attached hydrogens (tertiary/aromatic N) is 2. The number of ether oxygens (including phenoxy) is 1. The highest BCUT2D eigenvalue weighted by Gasteiger charge is 2.35. The van der Waals surface area contributed by atoms with E-state index in [0.29, 0.717) is 13.2 Å². The van der Waals surface area contributed by atoms with Gasteiger partial charge in [0.2, 0.25) is 0 Å². The van der Waals surface area contributed by atoms with Crippen LogP contribution in [0, 0.1) is 11.3 Å². The lowest BCUT2D eigenvalue weighted by molar-refractivity contribution is -0.0953. The van der Waals surface area contributed by atoms with Gasteiger partial charge in [0.15, 0.2) is 0 Å². The molecular formula is C14H18N2O. The fourth-order valence-corrected chi connectivity index (χ4v) is 2.13. The first kappa shape index (κ1) is 12.1. The minimum atomic E-state index is -0.0546. The van der Waals surface area contributed by atoms with E-state index >= 15 is 0 Å². The fourth-order valence-electron chi connectivity index (χ4n) is 2.13. The molecule has 0 bridgehead atoms. The van der Waals surface area contributed by atoms with E-state index in [2.05, 4.69) is 36.9 Å². The van der Waals surface area contributed by atoms with E-state index in [1.807, 2.05) is 18.2 Å². The molecule has 1 aromatic rings. The number of hydrogen-bond donors (Lipinski definition) is 0. The van der Waals surface area contributed by atoms with Crippen molar-refractivity contribution in [2.45, 2.75) is 25.5 Å². The molecule has 1 aliphatic rings. The molecule has 0 saturated carbocycles. The van der Waals surface area contributed by atoms with Crippen molar-refractivity contribution in [3.8, 4) is 6.07 Å². The molecule has 90 valence electrons. The highest BCUT2D eigenvalue weighted by atomic mass is 16.5. The van der Waals surface area contributed by atoms with Gasteiger partial charge in [-0.1, -0.05) is 30.3 Å². The topological polar surface area (TPSA) is 36.3 Å². The fraction of sp³-hybridized carbons (Fsp3) is 0.500. The Hall–Kier alpha value is -1.37. The minimum Gasteiger partial charge on any atom is -0.370 e. The molecule has 3 nitrogen and oxygen atoms in total. The maximum Gasteiger partial charge on any atom is 0.0953 e. The Labute approximate surface area is 103 Å². The van der Waals surface area contributed by atoms with Gasteiger partial charge in [0.25, 0.3) is 0 Å². The van der Waals surface area contributed by atoms with Crippen molar-refractivity contribution in [2.75, 3.05) is 19.7 Å². The molecule has 1 heterocycles. The first-order valence-corrected chi connectivity index (χ1v) is 5.92. The summed E-state index contributed by atoms with van der Waals surface area (Å²) in [5.74, 6) is 0. The standard InChI is InChI=1S/C14H18N2O/c1-14(2)11-17-13(10-16(14)9-8-15)12-6-4-3-5-7-12/h3-7,13H,9-11H2,1-2H3/t13-/m1/s1. The van der Waals surface area contributed by atoms with Crippen LogP contribution in [0.25, 0.3) is 0 Å². The average Bonchev–Trinajstić information content (AvgIpc) is 2.33. The number of hydrogen-bond acceptors (Lipinski definition) is 3. The zero-order valence-corrected chi connectivity index (χ0v) is 10.4. The Morgan fingerprint density at radius 1 is 1.41 bits per heavy atom. The largest absolute Gasteiger partial charge is 0.370 e. The zero-order valence-electron chi connectivity index (χ0n) is 10.4. The lowest BCUT2D eigenvalue weighted by Gasteiger charge is -2.44. The van der Waals surface area contributed by atoms with E-state index in [1.54, 1.807) is 0 Å². The Kier molecular flexibility index (Phi) is 3.46. The lowest BCUT2D eigenvalue weighted by Crippen LogP contribution is -2.53. The maximum absolute atomic E-state index is 8.88. The first-order valence-electron chi connectivity index (χ1n) is 5.92. The SMILES string of the molecule is CC1(C)CO[C@@H](c2ccccc2)CN1CC#N. The summed E-state index contributed by atoms with van der Waals surface area (Å²) in [7, 11) is 0. The molecule has 0 aliphatic carbocycles. The highest BCUT2D eigenvalue weighted by Crippen LogP contribution is 2.29. The summed E-state index contributed by atoms with van der Waals surface area (Å²) in [4.78, 5) is 2.19. The molecule has 1 atom stereocenters. The quantitative estimate of drug-likeness (QED) is 0.732. The number of benzene rings is 1. The minimum absolute atomic E-state index is 0.0546. The number of morpholine rings is 1. The lowest BCUT2D eigenvalue weighted by atomic mass is 9.98. The second-order valence-corrected chi connectivity index (χ2v) is 5.06. The Bertz CT molecular complexity index is 408. The second-order valence-electron chi connectivity index (χ2n) is 5.06. The number of nitriles is 1. The molecule has 1 aliphatic heterocycles. The van der Waals surface area contributed by atoms with Gasteiger partial charge in [-0.2, -0.15) is 5.26 Å². The summed E-state index contributed by atoms with van der Waals surface area (Å²) in [5.41, 5.74) is 1.13. The monoisotopic (exact) mass is 230 g/mol. The van der Waals surface area contributed by atoms with Gasteiger partial charge in [-0.05, 0) is 19.4 Å². The van der Waals surface area contributed by atoms with Crippen molar-refractivity contribution in [1.82, 2.24) is 4.90 Å². The summed E-state index contributed by atoms with van der Waals surface area (Å²) in [6, 6.07) is 12.4. The Balaban J connectivity index is 2.12. The summed E-state index contributed by atoms with van der Waals surface area (Å²) < 4.78 is 5.90. The van der Waals surface area contributed by atoms with E-state index in [4.69, 9.17) is 10.00 Å². The second kappa shape index (κ2) is 4.87. The van der Waals surface area contributed by atoms with Crippen molar-refractivity contribution in [1.29, 1.82) is 5.26 Å². The molecule has 0 spiro atoms. The van der Waals surface area contributed by atoms with Crippen molar-refractivity contribution < 1.29 is 4.74 Å². The van der Waals surface area contributed by atoms with E-state index < -0.39 is 0 Å². The van der Waals surface area contributed by atoms with Crippen LogP contribution in [0.4, 0.5) is 0 Å². The molecule has 17 heavy (non-hydrogen) atoms. The predicted molar refractivity (Wildman–Crippen MR) is 66.4 cm³/mol. The molecule has 0 unspecified atom stereocenters. The average molecular weight is 230 g/mol. The summed E-state index contributed by atoms with van der Waals surface area (Å²) in [6.45, 7) is 6.13. The summed E-state index contributed by atoms with van der Waals surface area (Å²) in [5, 5.41) is 8.88. The van der Waals surface area contributed by atoms with E-state index in [1.165, 1.54) is 5.56 Å². The van der Waals surface area contributed by atoms with Gasteiger partial charge >= 0.3 is 0 Å². The molecule has 2 rings (SSSR count). The molecule has 0 aromatic heterocycles. The van der Waals surface area contributed by atoms with Crippen molar-refractivity contribution in [2.24, 2.45) is 0 Å². The van der Waals surface area contributed by atoms with E-state index in [0.717, 1.165) is 6.54 Å². The molecule has 0 N–H and O–H groups in total. The van der Waals surface area contributed by atoms with Gasteiger partial charge in [-0.25, -0.2) is 0 Å². The molecular weight excluding hydrogens is 212 g/mol. The van der Waals surface area contributed by atoms with Crippen LogP contribution in [0.2, 0.25) is 0 Å². The maximum atomic E-state index is 8.88. The Morgan fingerprint density at radius 3 is 2.76 bits per heavy atom. The number of rotatable bonds is 2. The van der Waals surface area contributed by atoms with Gasteiger partial charge in [0.05, 0.1) is 25.3 Å². The van der Waals surface area contributed by atoms with Gasteiger partial charge in [0, 0.05) is 12.1 Å². The van der Waals surface area contributed by atoms with Gasteiger partial charge in [0.1, 0.15) is 0 Å². The van der Waals surface area contributed by atoms with Crippen molar-refractivity contribution >= 4 is 0 Å². The molecule has 0 amide bonds. The van der Waals surface area contributed by atoms with Crippen LogP contribution in [0.3, 0.4) is 0 Å². The summed E-state index contributed by atoms with van der Waals surface area (Å²) >= 11 is 0. The van der Waals surface area contributed by atoms with Gasteiger partial charge in [-0.15, -0.1) is 0 Å². The normalized spacial score (nSPS) is 24.2. The van der Waals surface area contributed by atoms with Gasteiger partial charge in [-0.3, -0.25) is 4.90 Å². The molecule has 3 heteroatoms. The Morgan fingerprint density at radius 2 is 2.12 bits per heavy atom. The molecule has 1 saturated heterocycles. The third-order valence-corrected chi connectivity index (χ3v) is 3.31. The van der Waals surface area contributed by atoms with Crippen molar-refractivity contribution in [3.63, 3.8) is 0 Å². The molecule has 0 radical (unpaired) electrons. The third kappa shape index (κ3) is 2.66. The van der Waals surface area contributed by atoms with Crippen LogP contribution in [-0.2, 0) is 4.74 Å². The van der Waals surface area contributed by atoms with Crippen LogP contribution in [0.1, 0.15) is 25.5 Å². The molecule has 1 fully saturated rings. The highest BCUT2D eigenvalue weighted by molar-refractivity contribution is 5.19. The third-order valence-electron chi connectivity index (χ3n) is 3.31. The zero-order chi connectivity index (χ0) is 12.3. The van der Waals surface area contributed by atoms with Gasteiger partial charge < -0.3 is 4.74 Å². The van der Waals surface area contributed by atoms with Crippen LogP contribution < -0.4 is 0 Å². The molecule has 1 aromatic carbocycles. The van der Waals surface area contributed by atoms with Crippen LogP contribution in [0.5, 0.6) is 0 Å². The van der Waals surface area contributed by atoms with Crippen LogP contribution in [-0.4, -0.2) is 30.1 Å². The van der Waals surface area contributed by atoms with E-state index in [9.17, 15) is 0 Å². The van der Waals surface area contributed by atoms with Crippen LogP contribution >= 0.6 is 0 Å².